The van der Waals surface area contributed by atoms with Gasteiger partial charge in [0.15, 0.2) is 0 Å². The van der Waals surface area contributed by atoms with Gasteiger partial charge in [-0.2, -0.15) is 0 Å². The highest BCUT2D eigenvalue weighted by molar-refractivity contribution is 5.89. The first-order chi connectivity index (χ1) is 14.0. The Balaban J connectivity index is 2.04. The lowest BCUT2D eigenvalue weighted by Crippen LogP contribution is -2.52. The second-order valence-corrected chi connectivity index (χ2v) is 6.44. The Bertz CT molecular complexity index is 795. The van der Waals surface area contributed by atoms with E-state index in [4.69, 9.17) is 9.47 Å². The largest absolute Gasteiger partial charge is 0.467 e. The van der Waals surface area contributed by atoms with Gasteiger partial charge >= 0.3 is 12.1 Å². The van der Waals surface area contributed by atoms with Gasteiger partial charge in [-0.15, -0.1) is 0 Å². The molecule has 2 aromatic rings. The van der Waals surface area contributed by atoms with Crippen molar-refractivity contribution in [3.05, 3.63) is 71.8 Å². The van der Waals surface area contributed by atoms with E-state index < -0.39 is 30.1 Å². The molecule has 0 bridgehead atoms. The molecular formula is C22H26N2O5. The minimum atomic E-state index is -0.903. The lowest BCUT2D eigenvalue weighted by molar-refractivity contribution is -0.145. The van der Waals surface area contributed by atoms with Crippen LogP contribution in [0.3, 0.4) is 0 Å². The van der Waals surface area contributed by atoms with Crippen LogP contribution >= 0.6 is 0 Å². The van der Waals surface area contributed by atoms with Gasteiger partial charge in [0.05, 0.1) is 7.11 Å². The van der Waals surface area contributed by atoms with Crippen LogP contribution in [0.4, 0.5) is 4.79 Å². The molecule has 0 aliphatic carbocycles. The van der Waals surface area contributed by atoms with E-state index in [9.17, 15) is 14.4 Å². The van der Waals surface area contributed by atoms with Gasteiger partial charge in [0.1, 0.15) is 18.7 Å². The van der Waals surface area contributed by atoms with Crippen molar-refractivity contribution in [3.8, 4) is 0 Å². The molecule has 0 spiro atoms. The molecule has 7 heteroatoms. The van der Waals surface area contributed by atoms with Crippen LogP contribution in [0.5, 0.6) is 0 Å². The molecule has 2 atom stereocenters. The standard InChI is InChI=1S/C22H26N2O5/c1-3-18(21(26)28-2)23-20(25)19(14-16-10-6-4-7-11-16)24-22(27)29-15-17-12-8-5-9-13-17/h4-13,18-19H,3,14-15H2,1-2H3,(H,23,25)(H,24,27)/t18-,19+/m1/s1. The highest BCUT2D eigenvalue weighted by Gasteiger charge is 2.27. The number of ether oxygens (including phenoxy) is 2. The Morgan fingerprint density at radius 1 is 0.862 bits per heavy atom. The summed E-state index contributed by atoms with van der Waals surface area (Å²) in [5.74, 6) is -1.02. The van der Waals surface area contributed by atoms with Crippen molar-refractivity contribution >= 4 is 18.0 Å². The predicted octanol–water partition coefficient (Wildman–Crippen LogP) is 2.59. The van der Waals surface area contributed by atoms with Crippen LogP contribution in [-0.2, 0) is 32.1 Å². The van der Waals surface area contributed by atoms with Crippen molar-refractivity contribution in [2.45, 2.75) is 38.5 Å². The highest BCUT2D eigenvalue weighted by atomic mass is 16.5. The Morgan fingerprint density at radius 3 is 2.00 bits per heavy atom. The summed E-state index contributed by atoms with van der Waals surface area (Å²) in [7, 11) is 1.26. The quantitative estimate of drug-likeness (QED) is 0.633. The molecule has 2 amide bonds. The predicted molar refractivity (Wildman–Crippen MR) is 108 cm³/mol. The monoisotopic (exact) mass is 398 g/mol. The molecule has 0 aromatic heterocycles. The Hall–Kier alpha value is -3.35. The van der Waals surface area contributed by atoms with Gasteiger partial charge in [0.25, 0.3) is 0 Å². The smallest absolute Gasteiger partial charge is 0.408 e. The van der Waals surface area contributed by atoms with Crippen LogP contribution < -0.4 is 10.6 Å². The van der Waals surface area contributed by atoms with Gasteiger partial charge in [0.2, 0.25) is 5.91 Å². The molecule has 2 rings (SSSR count). The van der Waals surface area contributed by atoms with E-state index in [2.05, 4.69) is 10.6 Å². The molecule has 0 unspecified atom stereocenters. The van der Waals surface area contributed by atoms with E-state index in [-0.39, 0.29) is 13.0 Å². The molecule has 7 nitrogen and oxygen atoms in total. The van der Waals surface area contributed by atoms with E-state index in [0.717, 1.165) is 11.1 Å². The van der Waals surface area contributed by atoms with Gasteiger partial charge < -0.3 is 20.1 Å². The fourth-order valence-electron chi connectivity index (χ4n) is 2.71. The van der Waals surface area contributed by atoms with Crippen molar-refractivity contribution in [1.82, 2.24) is 10.6 Å². The maximum absolute atomic E-state index is 12.8. The third-order valence-corrected chi connectivity index (χ3v) is 4.31. The Morgan fingerprint density at radius 2 is 1.45 bits per heavy atom. The number of alkyl carbamates (subject to hydrolysis) is 1. The fourth-order valence-corrected chi connectivity index (χ4v) is 2.71. The van der Waals surface area contributed by atoms with Crippen molar-refractivity contribution in [1.29, 1.82) is 0 Å². The molecule has 29 heavy (non-hydrogen) atoms. The Kier molecular flexibility index (Phi) is 8.69. The summed E-state index contributed by atoms with van der Waals surface area (Å²) in [4.78, 5) is 36.8. The molecule has 2 aromatic carbocycles. The van der Waals surface area contributed by atoms with Crippen LogP contribution in [0.15, 0.2) is 60.7 Å². The first-order valence-corrected chi connectivity index (χ1v) is 9.42. The maximum atomic E-state index is 12.8. The lowest BCUT2D eigenvalue weighted by atomic mass is 10.0. The van der Waals surface area contributed by atoms with Crippen molar-refractivity contribution in [2.75, 3.05) is 7.11 Å². The van der Waals surface area contributed by atoms with E-state index in [1.807, 2.05) is 60.7 Å². The number of carbonyl (C=O) groups excluding carboxylic acids is 3. The first kappa shape index (κ1) is 21.9. The molecule has 0 radical (unpaired) electrons. The summed E-state index contributed by atoms with van der Waals surface area (Å²) in [6.07, 6.45) is -0.0873. The zero-order chi connectivity index (χ0) is 21.1. The average Bonchev–Trinajstić information content (AvgIpc) is 2.76. The van der Waals surface area contributed by atoms with E-state index in [1.165, 1.54) is 7.11 Å². The first-order valence-electron chi connectivity index (χ1n) is 9.42. The fraction of sp³-hybridized carbons (Fsp3) is 0.318. The molecule has 0 fully saturated rings. The molecule has 0 aliphatic heterocycles. The van der Waals surface area contributed by atoms with Crippen LogP contribution in [-0.4, -0.2) is 37.2 Å². The summed E-state index contributed by atoms with van der Waals surface area (Å²) in [6, 6.07) is 16.8. The maximum Gasteiger partial charge on any atom is 0.408 e. The summed E-state index contributed by atoms with van der Waals surface area (Å²) in [5.41, 5.74) is 1.70. The SMILES string of the molecule is CC[C@@H](NC(=O)[C@H](Cc1ccccc1)NC(=O)OCc1ccccc1)C(=O)OC. The van der Waals surface area contributed by atoms with Crippen LogP contribution in [0, 0.1) is 0 Å². The van der Waals surface area contributed by atoms with Crippen molar-refractivity contribution in [2.24, 2.45) is 0 Å². The topological polar surface area (TPSA) is 93.7 Å². The van der Waals surface area contributed by atoms with Gasteiger partial charge in [-0.05, 0) is 17.5 Å². The summed E-state index contributed by atoms with van der Waals surface area (Å²) >= 11 is 0. The minimum Gasteiger partial charge on any atom is -0.467 e. The Labute approximate surface area is 170 Å². The molecule has 154 valence electrons. The lowest BCUT2D eigenvalue weighted by Gasteiger charge is -2.21. The number of hydrogen-bond donors (Lipinski definition) is 2. The van der Waals surface area contributed by atoms with Gasteiger partial charge in [-0.3, -0.25) is 4.79 Å². The second-order valence-electron chi connectivity index (χ2n) is 6.44. The minimum absolute atomic E-state index is 0.0894. The third kappa shape index (κ3) is 7.29. The summed E-state index contributed by atoms with van der Waals surface area (Å²) in [5, 5.41) is 5.23. The number of amides is 2. The number of rotatable bonds is 9. The van der Waals surface area contributed by atoms with Crippen LogP contribution in [0.1, 0.15) is 24.5 Å². The number of hydrogen-bond acceptors (Lipinski definition) is 5. The second kappa shape index (κ2) is 11.5. The summed E-state index contributed by atoms with van der Waals surface area (Å²) < 4.78 is 9.93. The molecule has 0 aliphatic rings. The zero-order valence-corrected chi connectivity index (χ0v) is 16.6. The normalized spacial score (nSPS) is 12.3. The highest BCUT2D eigenvalue weighted by Crippen LogP contribution is 2.06. The number of nitrogens with one attached hydrogen (secondary N) is 2. The van der Waals surface area contributed by atoms with Crippen LogP contribution in [0.25, 0.3) is 0 Å². The third-order valence-electron chi connectivity index (χ3n) is 4.31. The molecule has 0 saturated carbocycles. The number of carbonyl (C=O) groups is 3. The number of esters is 1. The average molecular weight is 398 g/mol. The zero-order valence-electron chi connectivity index (χ0n) is 16.6. The van der Waals surface area contributed by atoms with Gasteiger partial charge in [0, 0.05) is 6.42 Å². The summed E-state index contributed by atoms with van der Waals surface area (Å²) in [6.45, 7) is 1.85. The van der Waals surface area contributed by atoms with Crippen molar-refractivity contribution < 1.29 is 23.9 Å². The van der Waals surface area contributed by atoms with Crippen LogP contribution in [0.2, 0.25) is 0 Å². The van der Waals surface area contributed by atoms with E-state index in [0.29, 0.717) is 6.42 Å². The van der Waals surface area contributed by atoms with E-state index >= 15 is 0 Å². The number of benzene rings is 2. The van der Waals surface area contributed by atoms with E-state index in [1.54, 1.807) is 6.92 Å². The molecule has 0 heterocycles. The number of methoxy groups -OCH3 is 1. The molecule has 2 N–H and O–H groups in total. The molecular weight excluding hydrogens is 372 g/mol. The molecule has 0 saturated heterocycles. The van der Waals surface area contributed by atoms with Gasteiger partial charge in [-0.1, -0.05) is 67.6 Å². The van der Waals surface area contributed by atoms with Gasteiger partial charge in [-0.25, -0.2) is 9.59 Å². The van der Waals surface area contributed by atoms with Crippen molar-refractivity contribution in [3.63, 3.8) is 0 Å².